The summed E-state index contributed by atoms with van der Waals surface area (Å²) in [6.07, 6.45) is 0. The van der Waals surface area contributed by atoms with Crippen LogP contribution < -0.4 is 5.32 Å². The molecule has 0 radical (unpaired) electrons. The van der Waals surface area contributed by atoms with E-state index in [4.69, 9.17) is 23.2 Å². The summed E-state index contributed by atoms with van der Waals surface area (Å²) in [6, 6.07) is 4.86. The lowest BCUT2D eigenvalue weighted by atomic mass is 10.1. The van der Waals surface area contributed by atoms with Gasteiger partial charge < -0.3 is 10.2 Å². The Kier molecular flexibility index (Phi) is 8.28. The molecule has 0 fully saturated rings. The molecule has 0 spiro atoms. The van der Waals surface area contributed by atoms with Gasteiger partial charge in [0, 0.05) is 24.0 Å². The lowest BCUT2D eigenvalue weighted by Gasteiger charge is -2.24. The van der Waals surface area contributed by atoms with Gasteiger partial charge >= 0.3 is 0 Å². The minimum atomic E-state index is -0.192. The highest BCUT2D eigenvalue weighted by Gasteiger charge is 2.20. The lowest BCUT2D eigenvalue weighted by Crippen LogP contribution is -2.34. The largest absolute Gasteiger partial charge is 0.350 e. The van der Waals surface area contributed by atoms with Gasteiger partial charge in [0.25, 0.3) is 11.8 Å². The highest BCUT2D eigenvalue weighted by Crippen LogP contribution is 2.24. The molecule has 0 saturated carbocycles. The highest BCUT2D eigenvalue weighted by atomic mass is 35.5. The van der Waals surface area contributed by atoms with E-state index in [0.29, 0.717) is 51.9 Å². The van der Waals surface area contributed by atoms with Gasteiger partial charge in [0.15, 0.2) is 0 Å². The van der Waals surface area contributed by atoms with Crippen molar-refractivity contribution < 1.29 is 9.59 Å². The molecule has 1 aromatic heterocycles. The first kappa shape index (κ1) is 22.7. The van der Waals surface area contributed by atoms with E-state index in [1.165, 1.54) is 11.3 Å². The Morgan fingerprint density at radius 2 is 1.86 bits per heavy atom. The number of nitrogens with zero attached hydrogens (tertiary/aromatic N) is 2. The number of aromatic nitrogens is 1. The van der Waals surface area contributed by atoms with Gasteiger partial charge in [0.05, 0.1) is 16.6 Å². The number of carbonyl (C=O) groups is 2. The second-order valence-electron chi connectivity index (χ2n) is 7.44. The third kappa shape index (κ3) is 6.47. The van der Waals surface area contributed by atoms with Crippen LogP contribution in [0.3, 0.4) is 0 Å². The molecule has 5 nitrogen and oxygen atoms in total. The van der Waals surface area contributed by atoms with Crippen molar-refractivity contribution in [3.05, 3.63) is 49.9 Å². The second kappa shape index (κ2) is 10.2. The van der Waals surface area contributed by atoms with E-state index in [9.17, 15) is 9.59 Å². The molecular weight excluding hydrogens is 417 g/mol. The highest BCUT2D eigenvalue weighted by molar-refractivity contribution is 7.09. The molecule has 2 aromatic rings. The first-order valence-corrected chi connectivity index (χ1v) is 10.8. The summed E-state index contributed by atoms with van der Waals surface area (Å²) in [6.45, 7) is 9.65. The average Bonchev–Trinajstić information content (AvgIpc) is 3.09. The zero-order valence-electron chi connectivity index (χ0n) is 16.5. The molecule has 0 aliphatic rings. The quantitative estimate of drug-likeness (QED) is 0.616. The monoisotopic (exact) mass is 441 g/mol. The van der Waals surface area contributed by atoms with Crippen LogP contribution in [0.4, 0.5) is 0 Å². The Balaban J connectivity index is 2.15. The summed E-state index contributed by atoms with van der Waals surface area (Å²) in [5.41, 5.74) is 0.855. The fourth-order valence-electron chi connectivity index (χ4n) is 2.51. The van der Waals surface area contributed by atoms with Crippen LogP contribution in [0, 0.1) is 11.8 Å². The molecule has 0 bridgehead atoms. The predicted octanol–water partition coefficient (Wildman–Crippen LogP) is 5.13. The Morgan fingerprint density at radius 3 is 2.46 bits per heavy atom. The SMILES string of the molecule is CC(C)CNC(=O)c1csc(CN(CC(C)C)C(=O)c2ccc(Cl)c(Cl)c2)n1. The maximum absolute atomic E-state index is 13.0. The molecule has 2 amide bonds. The van der Waals surface area contributed by atoms with Crippen LogP contribution in [-0.4, -0.2) is 34.8 Å². The molecule has 0 atom stereocenters. The third-order valence-corrected chi connectivity index (χ3v) is 5.39. The van der Waals surface area contributed by atoms with Crippen molar-refractivity contribution in [3.63, 3.8) is 0 Å². The van der Waals surface area contributed by atoms with E-state index in [0.717, 1.165) is 0 Å². The summed E-state index contributed by atoms with van der Waals surface area (Å²) in [4.78, 5) is 31.3. The molecule has 28 heavy (non-hydrogen) atoms. The first-order valence-electron chi connectivity index (χ1n) is 9.14. The number of rotatable bonds is 8. The van der Waals surface area contributed by atoms with Gasteiger partial charge in [0.1, 0.15) is 10.7 Å². The van der Waals surface area contributed by atoms with E-state index in [1.807, 2.05) is 27.7 Å². The van der Waals surface area contributed by atoms with Crippen molar-refractivity contribution in [1.29, 1.82) is 0 Å². The van der Waals surface area contributed by atoms with Crippen LogP contribution in [-0.2, 0) is 6.54 Å². The van der Waals surface area contributed by atoms with E-state index < -0.39 is 0 Å². The summed E-state index contributed by atoms with van der Waals surface area (Å²) < 4.78 is 0. The van der Waals surface area contributed by atoms with Crippen molar-refractivity contribution >= 4 is 46.4 Å². The second-order valence-corrected chi connectivity index (χ2v) is 9.20. The molecule has 8 heteroatoms. The summed E-state index contributed by atoms with van der Waals surface area (Å²) in [5.74, 6) is 0.309. The lowest BCUT2D eigenvalue weighted by molar-refractivity contribution is 0.0722. The zero-order valence-corrected chi connectivity index (χ0v) is 18.8. The molecule has 1 heterocycles. The minimum absolute atomic E-state index is 0.145. The molecular formula is C20H25Cl2N3O2S. The van der Waals surface area contributed by atoms with E-state index in [2.05, 4.69) is 10.3 Å². The van der Waals surface area contributed by atoms with Crippen LogP contribution in [0.5, 0.6) is 0 Å². The molecule has 1 aromatic carbocycles. The molecule has 0 aliphatic carbocycles. The number of amides is 2. The van der Waals surface area contributed by atoms with Crippen molar-refractivity contribution in [2.75, 3.05) is 13.1 Å². The normalized spacial score (nSPS) is 11.1. The van der Waals surface area contributed by atoms with Gasteiger partial charge in [-0.05, 0) is 30.0 Å². The topological polar surface area (TPSA) is 62.3 Å². The van der Waals surface area contributed by atoms with Crippen molar-refractivity contribution in [2.24, 2.45) is 11.8 Å². The summed E-state index contributed by atoms with van der Waals surface area (Å²) in [5, 5.41) is 6.04. The van der Waals surface area contributed by atoms with Crippen molar-refractivity contribution in [1.82, 2.24) is 15.2 Å². The number of carbonyl (C=O) groups excluding carboxylic acids is 2. The van der Waals surface area contributed by atoms with Crippen molar-refractivity contribution in [2.45, 2.75) is 34.2 Å². The van der Waals surface area contributed by atoms with Gasteiger partial charge in [-0.3, -0.25) is 9.59 Å². The number of benzene rings is 1. The van der Waals surface area contributed by atoms with Crippen molar-refractivity contribution in [3.8, 4) is 0 Å². The Hall–Kier alpha value is -1.63. The van der Waals surface area contributed by atoms with Gasteiger partial charge in [-0.15, -0.1) is 11.3 Å². The minimum Gasteiger partial charge on any atom is -0.350 e. The van der Waals surface area contributed by atoms with Crippen LogP contribution >= 0.6 is 34.5 Å². The molecule has 2 rings (SSSR count). The van der Waals surface area contributed by atoms with Gasteiger partial charge in [0.2, 0.25) is 0 Å². The van der Waals surface area contributed by atoms with Crippen LogP contribution in [0.25, 0.3) is 0 Å². The Morgan fingerprint density at radius 1 is 1.14 bits per heavy atom. The Labute approximate surface area is 180 Å². The number of hydrogen-bond donors (Lipinski definition) is 1. The fourth-order valence-corrected chi connectivity index (χ4v) is 3.60. The third-order valence-electron chi connectivity index (χ3n) is 3.82. The van der Waals surface area contributed by atoms with Crippen LogP contribution in [0.1, 0.15) is 53.5 Å². The maximum Gasteiger partial charge on any atom is 0.270 e. The summed E-state index contributed by atoms with van der Waals surface area (Å²) in [7, 11) is 0. The molecule has 152 valence electrons. The number of halogens is 2. The standard InChI is InChI=1S/C20H25Cl2N3O2S/c1-12(2)8-23-19(26)17-11-28-18(24-17)10-25(9-13(3)4)20(27)14-5-6-15(21)16(22)7-14/h5-7,11-13H,8-10H2,1-4H3,(H,23,26). The fraction of sp³-hybridized carbons (Fsp3) is 0.450. The molecule has 1 N–H and O–H groups in total. The van der Waals surface area contributed by atoms with E-state index >= 15 is 0 Å². The predicted molar refractivity (Wildman–Crippen MR) is 115 cm³/mol. The maximum atomic E-state index is 13.0. The van der Waals surface area contributed by atoms with E-state index in [1.54, 1.807) is 28.5 Å². The summed E-state index contributed by atoms with van der Waals surface area (Å²) >= 11 is 13.4. The smallest absolute Gasteiger partial charge is 0.270 e. The number of thiazole rings is 1. The molecule has 0 unspecified atom stereocenters. The zero-order chi connectivity index (χ0) is 20.8. The number of hydrogen-bond acceptors (Lipinski definition) is 4. The van der Waals surface area contributed by atoms with Gasteiger partial charge in [-0.25, -0.2) is 4.98 Å². The van der Waals surface area contributed by atoms with Crippen LogP contribution in [0.15, 0.2) is 23.6 Å². The first-order chi connectivity index (χ1) is 13.2. The van der Waals surface area contributed by atoms with Gasteiger partial charge in [-0.2, -0.15) is 0 Å². The Bertz CT molecular complexity index is 837. The molecule has 0 aliphatic heterocycles. The van der Waals surface area contributed by atoms with E-state index in [-0.39, 0.29) is 17.7 Å². The van der Waals surface area contributed by atoms with Crippen LogP contribution in [0.2, 0.25) is 10.0 Å². The average molecular weight is 442 g/mol. The van der Waals surface area contributed by atoms with Gasteiger partial charge in [-0.1, -0.05) is 50.9 Å². The number of nitrogens with one attached hydrogen (secondary N) is 1. The molecule has 0 saturated heterocycles.